The monoisotopic (exact) mass is 457 g/mol. The van der Waals surface area contributed by atoms with Crippen molar-refractivity contribution in [2.45, 2.75) is 0 Å². The number of benzene rings is 6. The van der Waals surface area contributed by atoms with Gasteiger partial charge in [-0.15, -0.1) is 0 Å². The third kappa shape index (κ3) is 3.37. The number of nitrogens with zero attached hydrogens (tertiary/aromatic N) is 1. The van der Waals surface area contributed by atoms with Gasteiger partial charge in [0.05, 0.1) is 0 Å². The molecule has 168 valence electrons. The molecule has 0 aliphatic heterocycles. The molecule has 1 nitrogen and oxygen atoms in total. The highest BCUT2D eigenvalue weighted by atomic mass is 14.6. The Morgan fingerprint density at radius 2 is 0.861 bits per heavy atom. The summed E-state index contributed by atoms with van der Waals surface area (Å²) in [4.78, 5) is 4.28. The van der Waals surface area contributed by atoms with E-state index in [0.717, 1.165) is 5.56 Å². The zero-order chi connectivity index (χ0) is 23.9. The van der Waals surface area contributed by atoms with Gasteiger partial charge in [0.2, 0.25) is 0 Å². The van der Waals surface area contributed by atoms with Crippen molar-refractivity contribution in [1.82, 2.24) is 4.98 Å². The van der Waals surface area contributed by atoms with Crippen LogP contribution in [0.2, 0.25) is 0 Å². The summed E-state index contributed by atoms with van der Waals surface area (Å²) in [5.41, 5.74) is 7.40. The van der Waals surface area contributed by atoms with E-state index in [2.05, 4.69) is 126 Å². The van der Waals surface area contributed by atoms with Gasteiger partial charge in [0.1, 0.15) is 0 Å². The molecule has 0 radical (unpaired) electrons. The van der Waals surface area contributed by atoms with E-state index < -0.39 is 0 Å². The Bertz CT molecular complexity index is 1810. The molecule has 36 heavy (non-hydrogen) atoms. The van der Waals surface area contributed by atoms with E-state index >= 15 is 0 Å². The Kier molecular flexibility index (Phi) is 4.85. The van der Waals surface area contributed by atoms with E-state index in [1.54, 1.807) is 0 Å². The summed E-state index contributed by atoms with van der Waals surface area (Å²) in [6.07, 6.45) is 3.73. The maximum atomic E-state index is 4.28. The van der Waals surface area contributed by atoms with E-state index in [9.17, 15) is 0 Å². The first-order chi connectivity index (χ1) is 17.9. The van der Waals surface area contributed by atoms with Gasteiger partial charge >= 0.3 is 0 Å². The molecular weight excluding hydrogens is 434 g/mol. The van der Waals surface area contributed by atoms with Crippen LogP contribution in [-0.2, 0) is 0 Å². The molecule has 0 bridgehead atoms. The minimum Gasteiger partial charge on any atom is -0.264 e. The van der Waals surface area contributed by atoms with E-state index in [0.29, 0.717) is 0 Å². The van der Waals surface area contributed by atoms with Crippen LogP contribution in [0.5, 0.6) is 0 Å². The van der Waals surface area contributed by atoms with Gasteiger partial charge in [0, 0.05) is 18.0 Å². The third-order valence-corrected chi connectivity index (χ3v) is 7.12. The molecule has 0 saturated heterocycles. The molecule has 0 saturated carbocycles. The summed E-state index contributed by atoms with van der Waals surface area (Å²) in [6, 6.07) is 46.0. The van der Waals surface area contributed by atoms with E-state index in [4.69, 9.17) is 0 Å². The fourth-order valence-corrected chi connectivity index (χ4v) is 5.47. The molecule has 1 heteroatoms. The zero-order valence-electron chi connectivity index (χ0n) is 19.7. The van der Waals surface area contributed by atoms with Crippen LogP contribution in [-0.4, -0.2) is 4.98 Å². The summed E-state index contributed by atoms with van der Waals surface area (Å²) in [6.45, 7) is 0. The Balaban J connectivity index is 1.49. The second-order valence-corrected chi connectivity index (χ2v) is 9.23. The average molecular weight is 458 g/mol. The van der Waals surface area contributed by atoms with Crippen molar-refractivity contribution in [3.63, 3.8) is 0 Å². The Labute approximate surface area is 210 Å². The zero-order valence-corrected chi connectivity index (χ0v) is 19.7. The van der Waals surface area contributed by atoms with Crippen LogP contribution in [0.4, 0.5) is 0 Å². The van der Waals surface area contributed by atoms with Gasteiger partial charge in [-0.2, -0.15) is 0 Å². The van der Waals surface area contributed by atoms with Crippen LogP contribution in [0.1, 0.15) is 0 Å². The number of hydrogen-bond donors (Lipinski definition) is 0. The van der Waals surface area contributed by atoms with Gasteiger partial charge in [-0.05, 0) is 78.3 Å². The van der Waals surface area contributed by atoms with Crippen molar-refractivity contribution < 1.29 is 0 Å². The molecule has 0 N–H and O–H groups in total. The highest BCUT2D eigenvalue weighted by Gasteiger charge is 2.16. The number of hydrogen-bond acceptors (Lipinski definition) is 1. The SMILES string of the molecule is c1ccc(-c2c3ccccc3c(-c3ccc4cc(-c5cccnc5)ccc4c3)c3ccccc23)cc1. The fraction of sp³-hybridized carbons (Fsp3) is 0. The van der Waals surface area contributed by atoms with Gasteiger partial charge in [-0.3, -0.25) is 4.98 Å². The van der Waals surface area contributed by atoms with Gasteiger partial charge in [0.25, 0.3) is 0 Å². The molecular formula is C35H23N. The Morgan fingerprint density at radius 3 is 1.44 bits per heavy atom. The normalized spacial score (nSPS) is 11.3. The number of pyridine rings is 1. The van der Waals surface area contributed by atoms with Crippen molar-refractivity contribution in [3.05, 3.63) is 140 Å². The molecule has 1 aromatic heterocycles. The maximum absolute atomic E-state index is 4.28. The molecule has 6 aromatic carbocycles. The van der Waals surface area contributed by atoms with Crippen molar-refractivity contribution >= 4 is 32.3 Å². The quantitative estimate of drug-likeness (QED) is 0.241. The van der Waals surface area contributed by atoms with Crippen LogP contribution >= 0.6 is 0 Å². The van der Waals surface area contributed by atoms with Gasteiger partial charge in [-0.1, -0.05) is 109 Å². The Morgan fingerprint density at radius 1 is 0.361 bits per heavy atom. The van der Waals surface area contributed by atoms with Crippen molar-refractivity contribution in [2.75, 3.05) is 0 Å². The van der Waals surface area contributed by atoms with Gasteiger partial charge in [-0.25, -0.2) is 0 Å². The summed E-state index contributed by atoms with van der Waals surface area (Å²) in [5, 5.41) is 7.59. The molecule has 0 fully saturated rings. The van der Waals surface area contributed by atoms with Crippen LogP contribution in [0, 0.1) is 0 Å². The van der Waals surface area contributed by atoms with Crippen LogP contribution in [0.25, 0.3) is 65.7 Å². The molecule has 7 rings (SSSR count). The standard InChI is InChI=1S/C35H23N/c1-2-9-24(10-3-1)34-30-12-4-6-14-32(30)35(33-15-7-5-13-31(33)34)28-19-18-25-21-27(17-16-26(25)22-28)29-11-8-20-36-23-29/h1-23H. The second kappa shape index (κ2) is 8.48. The lowest BCUT2D eigenvalue weighted by molar-refractivity contribution is 1.33. The highest BCUT2D eigenvalue weighted by Crippen LogP contribution is 2.44. The average Bonchev–Trinajstić information content (AvgIpc) is 2.96. The van der Waals surface area contributed by atoms with Gasteiger partial charge in [0.15, 0.2) is 0 Å². The van der Waals surface area contributed by atoms with Crippen molar-refractivity contribution in [1.29, 1.82) is 0 Å². The summed E-state index contributed by atoms with van der Waals surface area (Å²) < 4.78 is 0. The predicted octanol–water partition coefficient (Wildman–Crippen LogP) is 9.54. The van der Waals surface area contributed by atoms with Crippen LogP contribution in [0.3, 0.4) is 0 Å². The van der Waals surface area contributed by atoms with Crippen molar-refractivity contribution in [2.24, 2.45) is 0 Å². The van der Waals surface area contributed by atoms with Crippen LogP contribution < -0.4 is 0 Å². The molecule has 0 amide bonds. The third-order valence-electron chi connectivity index (χ3n) is 7.12. The number of rotatable bonds is 3. The topological polar surface area (TPSA) is 12.9 Å². The number of fused-ring (bicyclic) bond motifs is 3. The second-order valence-electron chi connectivity index (χ2n) is 9.23. The molecule has 0 aliphatic carbocycles. The first-order valence-electron chi connectivity index (χ1n) is 12.3. The smallest absolute Gasteiger partial charge is 0.0346 e. The van der Waals surface area contributed by atoms with E-state index in [-0.39, 0.29) is 0 Å². The van der Waals surface area contributed by atoms with Crippen molar-refractivity contribution in [3.8, 4) is 33.4 Å². The summed E-state index contributed by atoms with van der Waals surface area (Å²) in [5.74, 6) is 0. The summed E-state index contributed by atoms with van der Waals surface area (Å²) >= 11 is 0. The molecule has 0 atom stereocenters. The molecule has 7 aromatic rings. The molecule has 1 heterocycles. The first-order valence-corrected chi connectivity index (χ1v) is 12.3. The first kappa shape index (κ1) is 20.6. The number of aromatic nitrogens is 1. The largest absolute Gasteiger partial charge is 0.264 e. The van der Waals surface area contributed by atoms with E-state index in [1.807, 2.05) is 18.5 Å². The minimum atomic E-state index is 1.14. The molecule has 0 aliphatic rings. The Hall–Kier alpha value is -4.75. The van der Waals surface area contributed by atoms with Crippen LogP contribution in [0.15, 0.2) is 140 Å². The molecule has 0 unspecified atom stereocenters. The maximum Gasteiger partial charge on any atom is 0.0346 e. The minimum absolute atomic E-state index is 1.14. The fourth-order valence-electron chi connectivity index (χ4n) is 5.47. The predicted molar refractivity (Wildman–Crippen MR) is 153 cm³/mol. The molecule has 0 spiro atoms. The highest BCUT2D eigenvalue weighted by molar-refractivity contribution is 6.21. The lowest BCUT2D eigenvalue weighted by atomic mass is 9.85. The van der Waals surface area contributed by atoms with Gasteiger partial charge < -0.3 is 0 Å². The lowest BCUT2D eigenvalue weighted by Crippen LogP contribution is -1.90. The van der Waals surface area contributed by atoms with E-state index in [1.165, 1.54) is 60.1 Å². The lowest BCUT2D eigenvalue weighted by Gasteiger charge is -2.18. The summed E-state index contributed by atoms with van der Waals surface area (Å²) in [7, 11) is 0.